The standard InChI is InChI=1S/C16H23F3N2O/c17-16(18,19)15-4-2-1-3-14(15)12-20-11-13-5-7-21(8-6-13)9-10-22/h1-4,13,20,22H,5-12H2. The second-order valence-electron chi connectivity index (χ2n) is 5.79. The van der Waals surface area contributed by atoms with Crippen molar-refractivity contribution in [3.8, 4) is 0 Å². The van der Waals surface area contributed by atoms with Gasteiger partial charge in [0.05, 0.1) is 12.2 Å². The average molecular weight is 316 g/mol. The molecular formula is C16H23F3N2O. The number of nitrogens with one attached hydrogen (secondary N) is 1. The number of hydrogen-bond acceptors (Lipinski definition) is 3. The van der Waals surface area contributed by atoms with Gasteiger partial charge in [-0.2, -0.15) is 13.2 Å². The molecule has 1 fully saturated rings. The van der Waals surface area contributed by atoms with Gasteiger partial charge >= 0.3 is 6.18 Å². The summed E-state index contributed by atoms with van der Waals surface area (Å²) in [5.41, 5.74) is -0.256. The molecule has 124 valence electrons. The van der Waals surface area contributed by atoms with Gasteiger partial charge in [-0.25, -0.2) is 0 Å². The van der Waals surface area contributed by atoms with Gasteiger partial charge in [0.25, 0.3) is 0 Å². The maximum atomic E-state index is 12.9. The van der Waals surface area contributed by atoms with Gasteiger partial charge in [-0.1, -0.05) is 18.2 Å². The van der Waals surface area contributed by atoms with Crippen LogP contribution in [0.5, 0.6) is 0 Å². The molecular weight excluding hydrogens is 293 g/mol. The Bertz CT molecular complexity index is 457. The molecule has 2 rings (SSSR count). The van der Waals surface area contributed by atoms with Crippen molar-refractivity contribution < 1.29 is 18.3 Å². The lowest BCUT2D eigenvalue weighted by atomic mass is 9.96. The summed E-state index contributed by atoms with van der Waals surface area (Å²) in [4.78, 5) is 2.22. The molecule has 3 nitrogen and oxygen atoms in total. The third-order valence-electron chi connectivity index (χ3n) is 4.19. The molecule has 0 amide bonds. The fraction of sp³-hybridized carbons (Fsp3) is 0.625. The lowest BCUT2D eigenvalue weighted by Crippen LogP contribution is -2.38. The van der Waals surface area contributed by atoms with Gasteiger partial charge in [-0.15, -0.1) is 0 Å². The van der Waals surface area contributed by atoms with Crippen molar-refractivity contribution in [2.24, 2.45) is 5.92 Å². The zero-order chi connectivity index (χ0) is 16.0. The van der Waals surface area contributed by atoms with E-state index in [4.69, 9.17) is 5.11 Å². The van der Waals surface area contributed by atoms with Gasteiger partial charge in [-0.3, -0.25) is 0 Å². The molecule has 0 radical (unpaired) electrons. The number of hydrogen-bond donors (Lipinski definition) is 2. The fourth-order valence-corrected chi connectivity index (χ4v) is 2.92. The van der Waals surface area contributed by atoms with Gasteiger partial charge in [0.1, 0.15) is 0 Å². The first-order valence-electron chi connectivity index (χ1n) is 7.69. The van der Waals surface area contributed by atoms with E-state index < -0.39 is 11.7 Å². The number of β-amino-alcohol motifs (C(OH)–C–C–N with tert-alkyl or cyclic N) is 1. The number of alkyl halides is 3. The maximum Gasteiger partial charge on any atom is 0.416 e. The Hall–Kier alpha value is -1.11. The molecule has 2 N–H and O–H groups in total. The van der Waals surface area contributed by atoms with Gasteiger partial charge in [-0.05, 0) is 50.0 Å². The molecule has 1 aliphatic heterocycles. The molecule has 1 aliphatic rings. The number of piperidine rings is 1. The highest BCUT2D eigenvalue weighted by Gasteiger charge is 2.32. The Labute approximate surface area is 129 Å². The van der Waals surface area contributed by atoms with E-state index >= 15 is 0 Å². The number of nitrogens with zero attached hydrogens (tertiary/aromatic N) is 1. The van der Waals surface area contributed by atoms with E-state index in [2.05, 4.69) is 10.2 Å². The number of likely N-dealkylation sites (tertiary alicyclic amines) is 1. The highest BCUT2D eigenvalue weighted by molar-refractivity contribution is 5.29. The third kappa shape index (κ3) is 4.97. The lowest BCUT2D eigenvalue weighted by Gasteiger charge is -2.31. The molecule has 0 atom stereocenters. The van der Waals surface area contributed by atoms with E-state index in [-0.39, 0.29) is 13.2 Å². The second-order valence-corrected chi connectivity index (χ2v) is 5.79. The van der Waals surface area contributed by atoms with Crippen molar-refractivity contribution in [1.29, 1.82) is 0 Å². The first kappa shape index (κ1) is 17.2. The van der Waals surface area contributed by atoms with Crippen LogP contribution in [-0.4, -0.2) is 42.8 Å². The van der Waals surface area contributed by atoms with E-state index in [1.165, 1.54) is 12.1 Å². The summed E-state index contributed by atoms with van der Waals surface area (Å²) in [6.07, 6.45) is -2.25. The minimum atomic E-state index is -4.30. The van der Waals surface area contributed by atoms with E-state index in [1.807, 2.05) is 0 Å². The summed E-state index contributed by atoms with van der Waals surface area (Å²) >= 11 is 0. The summed E-state index contributed by atoms with van der Waals surface area (Å²) < 4.78 is 38.7. The van der Waals surface area contributed by atoms with Crippen molar-refractivity contribution in [2.45, 2.75) is 25.6 Å². The summed E-state index contributed by atoms with van der Waals surface area (Å²) in [6, 6.07) is 5.72. The van der Waals surface area contributed by atoms with E-state index in [0.717, 1.165) is 38.5 Å². The smallest absolute Gasteiger partial charge is 0.395 e. The van der Waals surface area contributed by atoms with Crippen LogP contribution in [0.3, 0.4) is 0 Å². The van der Waals surface area contributed by atoms with Crippen molar-refractivity contribution in [3.63, 3.8) is 0 Å². The fourth-order valence-electron chi connectivity index (χ4n) is 2.92. The number of benzene rings is 1. The van der Waals surface area contributed by atoms with E-state index in [9.17, 15) is 13.2 Å². The predicted molar refractivity (Wildman–Crippen MR) is 79.4 cm³/mol. The summed E-state index contributed by atoms with van der Waals surface area (Å²) in [5.74, 6) is 0.494. The van der Waals surface area contributed by atoms with Crippen LogP contribution in [0.1, 0.15) is 24.0 Å². The van der Waals surface area contributed by atoms with Crippen LogP contribution in [-0.2, 0) is 12.7 Å². The summed E-state index contributed by atoms with van der Waals surface area (Å²) in [7, 11) is 0. The van der Waals surface area contributed by atoms with Crippen molar-refractivity contribution in [2.75, 3.05) is 32.8 Å². The quantitative estimate of drug-likeness (QED) is 0.846. The minimum Gasteiger partial charge on any atom is -0.395 e. The first-order valence-corrected chi connectivity index (χ1v) is 7.69. The predicted octanol–water partition coefficient (Wildman–Crippen LogP) is 2.50. The molecule has 1 heterocycles. The van der Waals surface area contributed by atoms with Crippen molar-refractivity contribution >= 4 is 0 Å². The topological polar surface area (TPSA) is 35.5 Å². The van der Waals surface area contributed by atoms with Crippen molar-refractivity contribution in [1.82, 2.24) is 10.2 Å². The lowest BCUT2D eigenvalue weighted by molar-refractivity contribution is -0.138. The second kappa shape index (κ2) is 7.94. The Morgan fingerprint density at radius 2 is 1.86 bits per heavy atom. The number of aliphatic hydroxyl groups excluding tert-OH is 1. The summed E-state index contributed by atoms with van der Waals surface area (Å²) in [5, 5.41) is 12.1. The van der Waals surface area contributed by atoms with Crippen LogP contribution in [0.2, 0.25) is 0 Å². The molecule has 1 saturated heterocycles. The SMILES string of the molecule is OCCN1CCC(CNCc2ccccc2C(F)(F)F)CC1. The zero-order valence-electron chi connectivity index (χ0n) is 12.6. The molecule has 0 spiro atoms. The molecule has 1 aromatic rings. The summed E-state index contributed by atoms with van der Waals surface area (Å²) in [6.45, 7) is 3.76. The van der Waals surface area contributed by atoms with Gasteiger partial charge in [0.15, 0.2) is 0 Å². The number of halogens is 3. The number of rotatable bonds is 6. The average Bonchev–Trinajstić information content (AvgIpc) is 2.49. The molecule has 0 saturated carbocycles. The van der Waals surface area contributed by atoms with Crippen molar-refractivity contribution in [3.05, 3.63) is 35.4 Å². The Morgan fingerprint density at radius 1 is 1.18 bits per heavy atom. The Balaban J connectivity index is 1.78. The Morgan fingerprint density at radius 3 is 2.50 bits per heavy atom. The highest BCUT2D eigenvalue weighted by Crippen LogP contribution is 2.31. The molecule has 0 aliphatic carbocycles. The highest BCUT2D eigenvalue weighted by atomic mass is 19.4. The van der Waals surface area contributed by atoms with E-state index in [1.54, 1.807) is 6.07 Å². The zero-order valence-corrected chi connectivity index (χ0v) is 12.6. The molecule has 1 aromatic carbocycles. The number of aliphatic hydroxyl groups is 1. The van der Waals surface area contributed by atoms with Crippen LogP contribution in [0, 0.1) is 5.92 Å². The molecule has 0 bridgehead atoms. The van der Waals surface area contributed by atoms with Crippen LogP contribution >= 0.6 is 0 Å². The van der Waals surface area contributed by atoms with Gasteiger partial charge in [0.2, 0.25) is 0 Å². The monoisotopic (exact) mass is 316 g/mol. The van der Waals surface area contributed by atoms with Crippen LogP contribution in [0.4, 0.5) is 13.2 Å². The largest absolute Gasteiger partial charge is 0.416 e. The molecule has 0 aromatic heterocycles. The minimum absolute atomic E-state index is 0.178. The van der Waals surface area contributed by atoms with Gasteiger partial charge < -0.3 is 15.3 Å². The molecule has 0 unspecified atom stereocenters. The molecule has 22 heavy (non-hydrogen) atoms. The maximum absolute atomic E-state index is 12.9. The van der Waals surface area contributed by atoms with Crippen LogP contribution in [0.15, 0.2) is 24.3 Å². The van der Waals surface area contributed by atoms with Crippen LogP contribution in [0.25, 0.3) is 0 Å². The normalized spacial score (nSPS) is 17.8. The van der Waals surface area contributed by atoms with Crippen LogP contribution < -0.4 is 5.32 Å². The van der Waals surface area contributed by atoms with Gasteiger partial charge in [0, 0.05) is 13.1 Å². The molecule has 6 heteroatoms. The van der Waals surface area contributed by atoms with E-state index in [0.29, 0.717) is 18.0 Å². The Kier molecular flexibility index (Phi) is 6.23. The third-order valence-corrected chi connectivity index (χ3v) is 4.19. The first-order chi connectivity index (χ1) is 10.5.